The number of H-pyrrole nitrogens is 1. The Bertz CT molecular complexity index is 1200. The number of fused-ring (bicyclic) bond motifs is 1. The van der Waals surface area contributed by atoms with Crippen LogP contribution in [0.4, 0.5) is 0 Å². The highest BCUT2D eigenvalue weighted by Gasteiger charge is 2.20. The Balaban J connectivity index is 1.84. The molecule has 0 saturated heterocycles. The predicted octanol–water partition coefficient (Wildman–Crippen LogP) is 6.36. The first-order valence-corrected chi connectivity index (χ1v) is 10.2. The number of aromatic amines is 1. The van der Waals surface area contributed by atoms with Crippen molar-refractivity contribution in [3.8, 4) is 28.4 Å². The van der Waals surface area contributed by atoms with E-state index < -0.39 is 0 Å². The lowest BCUT2D eigenvalue weighted by atomic mass is 10.0. The van der Waals surface area contributed by atoms with Gasteiger partial charge >= 0.3 is 0 Å². The molecular weight excluding hydrogens is 394 g/mol. The van der Waals surface area contributed by atoms with Gasteiger partial charge in [0.15, 0.2) is 0 Å². The highest BCUT2D eigenvalue weighted by atomic mass is 35.5. The first-order chi connectivity index (χ1) is 13.6. The SMILES string of the molecule is CCCc1c(Cl)sc2[nH]c(=O)c(-c3cccc(Oc4ccccc4)c3)c(O)c12. The van der Waals surface area contributed by atoms with Crippen molar-refractivity contribution in [1.29, 1.82) is 0 Å². The van der Waals surface area contributed by atoms with Gasteiger partial charge in [0, 0.05) is 0 Å². The molecule has 0 fully saturated rings. The molecule has 28 heavy (non-hydrogen) atoms. The maximum absolute atomic E-state index is 12.7. The molecule has 2 aromatic carbocycles. The zero-order chi connectivity index (χ0) is 19.7. The summed E-state index contributed by atoms with van der Waals surface area (Å²) in [7, 11) is 0. The van der Waals surface area contributed by atoms with Crippen LogP contribution in [0, 0.1) is 0 Å². The Kier molecular flexibility index (Phi) is 5.11. The molecule has 0 bridgehead atoms. The van der Waals surface area contributed by atoms with E-state index >= 15 is 0 Å². The average Bonchev–Trinajstić information content (AvgIpc) is 2.98. The molecule has 2 N–H and O–H groups in total. The Morgan fingerprint density at radius 1 is 1.11 bits per heavy atom. The van der Waals surface area contributed by atoms with E-state index in [4.69, 9.17) is 16.3 Å². The number of thiophene rings is 1. The topological polar surface area (TPSA) is 62.3 Å². The Morgan fingerprint density at radius 2 is 1.86 bits per heavy atom. The van der Waals surface area contributed by atoms with Crippen molar-refractivity contribution in [2.75, 3.05) is 0 Å². The number of aryl methyl sites for hydroxylation is 1. The van der Waals surface area contributed by atoms with Crippen LogP contribution >= 0.6 is 22.9 Å². The predicted molar refractivity (Wildman–Crippen MR) is 115 cm³/mol. The number of benzene rings is 2. The Morgan fingerprint density at radius 3 is 2.61 bits per heavy atom. The standard InChI is InChI=1S/C22H18ClNO3S/c1-2-7-16-18-19(25)17(21(26)24-22(18)28-20(16)23)13-8-6-11-15(12-13)27-14-9-4-3-5-10-14/h3-6,8-12H,2,7H2,1H3,(H2,24,25,26). The molecule has 0 aliphatic rings. The quantitative estimate of drug-likeness (QED) is 0.401. The van der Waals surface area contributed by atoms with Gasteiger partial charge in [-0.2, -0.15) is 0 Å². The largest absolute Gasteiger partial charge is 0.506 e. The lowest BCUT2D eigenvalue weighted by Gasteiger charge is -2.10. The highest BCUT2D eigenvalue weighted by Crippen LogP contribution is 2.42. The molecular formula is C22H18ClNO3S. The van der Waals surface area contributed by atoms with Gasteiger partial charge in [0.25, 0.3) is 5.56 Å². The van der Waals surface area contributed by atoms with E-state index in [9.17, 15) is 9.90 Å². The molecule has 2 aromatic heterocycles. The molecule has 4 nitrogen and oxygen atoms in total. The molecule has 0 atom stereocenters. The van der Waals surface area contributed by atoms with E-state index in [-0.39, 0.29) is 16.9 Å². The second-order valence-corrected chi connectivity index (χ2v) is 8.05. The fourth-order valence-electron chi connectivity index (χ4n) is 3.25. The van der Waals surface area contributed by atoms with E-state index in [2.05, 4.69) is 4.98 Å². The summed E-state index contributed by atoms with van der Waals surface area (Å²) < 4.78 is 6.46. The van der Waals surface area contributed by atoms with Crippen LogP contribution in [-0.4, -0.2) is 10.1 Å². The fourth-order valence-corrected chi connectivity index (χ4v) is 4.65. The zero-order valence-electron chi connectivity index (χ0n) is 15.2. The molecule has 6 heteroatoms. The first kappa shape index (κ1) is 18.6. The summed E-state index contributed by atoms with van der Waals surface area (Å²) in [6.45, 7) is 2.05. The molecule has 142 valence electrons. The fraction of sp³-hybridized carbons (Fsp3) is 0.136. The van der Waals surface area contributed by atoms with Gasteiger partial charge in [-0.1, -0.05) is 55.3 Å². The number of aromatic nitrogens is 1. The molecule has 0 aliphatic carbocycles. The summed E-state index contributed by atoms with van der Waals surface area (Å²) in [6, 6.07) is 16.5. The first-order valence-electron chi connectivity index (χ1n) is 8.98. The average molecular weight is 412 g/mol. The number of hydrogen-bond acceptors (Lipinski definition) is 4. The van der Waals surface area contributed by atoms with Gasteiger partial charge in [-0.25, -0.2) is 0 Å². The third-order valence-corrected chi connectivity index (χ3v) is 5.88. The Labute approximate surface area is 171 Å². The molecule has 0 spiro atoms. The number of rotatable bonds is 5. The second kappa shape index (κ2) is 7.70. The molecule has 0 unspecified atom stereocenters. The number of ether oxygens (including phenoxy) is 1. The van der Waals surface area contributed by atoms with Crippen molar-refractivity contribution in [1.82, 2.24) is 4.98 Å². The van der Waals surface area contributed by atoms with Gasteiger partial charge in [0.2, 0.25) is 0 Å². The van der Waals surface area contributed by atoms with Crippen LogP contribution < -0.4 is 10.3 Å². The van der Waals surface area contributed by atoms with Crippen molar-refractivity contribution in [2.45, 2.75) is 19.8 Å². The maximum Gasteiger partial charge on any atom is 0.260 e. The van der Waals surface area contributed by atoms with Gasteiger partial charge in [0.05, 0.1) is 15.3 Å². The third kappa shape index (κ3) is 3.39. The molecule has 2 heterocycles. The van der Waals surface area contributed by atoms with E-state index in [0.717, 1.165) is 18.4 Å². The summed E-state index contributed by atoms with van der Waals surface area (Å²) in [4.78, 5) is 16.2. The van der Waals surface area contributed by atoms with Crippen LogP contribution in [0.1, 0.15) is 18.9 Å². The normalized spacial score (nSPS) is 11.1. The van der Waals surface area contributed by atoms with Crippen LogP contribution in [0.25, 0.3) is 21.3 Å². The molecule has 4 rings (SSSR count). The number of para-hydroxylation sites is 1. The Hall–Kier alpha value is -2.76. The number of nitrogens with one attached hydrogen (secondary N) is 1. The van der Waals surface area contributed by atoms with Crippen molar-refractivity contribution < 1.29 is 9.84 Å². The summed E-state index contributed by atoms with van der Waals surface area (Å²) in [6.07, 6.45) is 1.62. The van der Waals surface area contributed by atoms with E-state index in [1.807, 2.05) is 43.3 Å². The van der Waals surface area contributed by atoms with E-state index in [1.54, 1.807) is 18.2 Å². The van der Waals surface area contributed by atoms with Crippen LogP contribution in [0.2, 0.25) is 4.34 Å². The zero-order valence-corrected chi connectivity index (χ0v) is 16.7. The summed E-state index contributed by atoms with van der Waals surface area (Å²) in [5.41, 5.74) is 1.32. The lowest BCUT2D eigenvalue weighted by molar-refractivity contribution is 0.480. The maximum atomic E-state index is 12.7. The summed E-state index contributed by atoms with van der Waals surface area (Å²) in [5.74, 6) is 1.24. The van der Waals surface area contributed by atoms with Gasteiger partial charge in [0.1, 0.15) is 22.1 Å². The van der Waals surface area contributed by atoms with Crippen molar-refractivity contribution in [2.24, 2.45) is 0 Å². The van der Waals surface area contributed by atoms with Crippen molar-refractivity contribution >= 4 is 33.2 Å². The number of halogens is 1. The monoisotopic (exact) mass is 411 g/mol. The van der Waals surface area contributed by atoms with Crippen molar-refractivity contribution in [3.05, 3.63) is 74.9 Å². The minimum atomic E-state index is -0.358. The smallest absolute Gasteiger partial charge is 0.260 e. The summed E-state index contributed by atoms with van der Waals surface area (Å²) >= 11 is 7.63. The van der Waals surface area contributed by atoms with Crippen LogP contribution in [0.15, 0.2) is 59.4 Å². The van der Waals surface area contributed by atoms with E-state index in [1.165, 1.54) is 11.3 Å². The molecule has 0 amide bonds. The lowest BCUT2D eigenvalue weighted by Crippen LogP contribution is -2.08. The van der Waals surface area contributed by atoms with Crippen LogP contribution in [-0.2, 0) is 6.42 Å². The number of hydrogen-bond donors (Lipinski definition) is 2. The van der Waals surface area contributed by atoms with E-state index in [0.29, 0.717) is 31.6 Å². The molecule has 0 radical (unpaired) electrons. The second-order valence-electron chi connectivity index (χ2n) is 6.43. The van der Waals surface area contributed by atoms with Crippen LogP contribution in [0.5, 0.6) is 17.2 Å². The van der Waals surface area contributed by atoms with Gasteiger partial charge in [-0.3, -0.25) is 4.79 Å². The number of aromatic hydroxyl groups is 1. The molecule has 0 aliphatic heterocycles. The van der Waals surface area contributed by atoms with Crippen molar-refractivity contribution in [3.63, 3.8) is 0 Å². The van der Waals surface area contributed by atoms with Gasteiger partial charge < -0.3 is 14.8 Å². The van der Waals surface area contributed by atoms with Gasteiger partial charge in [-0.15, -0.1) is 11.3 Å². The highest BCUT2D eigenvalue weighted by molar-refractivity contribution is 7.22. The van der Waals surface area contributed by atoms with Gasteiger partial charge in [-0.05, 0) is 41.8 Å². The van der Waals surface area contributed by atoms with Crippen LogP contribution in [0.3, 0.4) is 0 Å². The molecule has 0 saturated carbocycles. The third-order valence-electron chi connectivity index (χ3n) is 4.49. The number of pyridine rings is 1. The minimum Gasteiger partial charge on any atom is -0.506 e. The molecule has 4 aromatic rings. The minimum absolute atomic E-state index is 0.0396. The summed E-state index contributed by atoms with van der Waals surface area (Å²) in [5, 5.41) is 11.6.